The number of thioether (sulfide) groups is 1. The van der Waals surface area contributed by atoms with E-state index < -0.39 is 11.5 Å². The fourth-order valence-corrected chi connectivity index (χ4v) is 4.15. The van der Waals surface area contributed by atoms with Gasteiger partial charge in [-0.15, -0.1) is 0 Å². The molecular formula is C15H26N2O3S. The average molecular weight is 314 g/mol. The third-order valence-corrected chi connectivity index (χ3v) is 5.96. The lowest BCUT2D eigenvalue weighted by Gasteiger charge is -2.36. The molecule has 0 atom stereocenters. The molecule has 0 bridgehead atoms. The third kappa shape index (κ3) is 4.05. The normalized spacial score (nSPS) is 25.0. The molecule has 6 heteroatoms. The number of nitrogens with one attached hydrogen (secondary N) is 1. The molecule has 2 amide bonds. The average Bonchev–Trinajstić information content (AvgIpc) is 2.60. The van der Waals surface area contributed by atoms with Crippen LogP contribution >= 0.6 is 11.8 Å². The van der Waals surface area contributed by atoms with Crippen LogP contribution in [-0.4, -0.2) is 51.1 Å². The fraction of sp³-hybridized carbons (Fsp3) is 0.867. The van der Waals surface area contributed by atoms with E-state index >= 15 is 0 Å². The van der Waals surface area contributed by atoms with Gasteiger partial charge in [0.2, 0.25) is 0 Å². The quantitative estimate of drug-likeness (QED) is 0.822. The van der Waals surface area contributed by atoms with Gasteiger partial charge in [0.1, 0.15) is 5.54 Å². The second-order valence-corrected chi connectivity index (χ2v) is 8.53. The molecule has 1 saturated heterocycles. The molecule has 0 spiro atoms. The number of amides is 2. The Kier molecular flexibility index (Phi) is 5.07. The zero-order valence-electron chi connectivity index (χ0n) is 13.0. The first-order valence-electron chi connectivity index (χ1n) is 7.79. The number of carbonyl (C=O) groups excluding carboxylic acids is 1. The maximum Gasteiger partial charge on any atom is 0.329 e. The molecule has 1 aliphatic heterocycles. The summed E-state index contributed by atoms with van der Waals surface area (Å²) in [5.41, 5.74) is -1.05. The van der Waals surface area contributed by atoms with E-state index in [-0.39, 0.29) is 10.8 Å². The fourth-order valence-electron chi connectivity index (χ4n) is 3.05. The number of aliphatic carboxylic acids is 1. The molecule has 2 N–H and O–H groups in total. The Morgan fingerprint density at radius 1 is 1.10 bits per heavy atom. The standard InChI is InChI=1S/C15H26N2O3S/c1-14(2)8-9-17(10-11-21-14)13(20)16-15(12(18)19)6-4-3-5-7-15/h3-11H2,1-2H3,(H,16,20)(H,18,19). The van der Waals surface area contributed by atoms with Gasteiger partial charge >= 0.3 is 12.0 Å². The molecule has 2 fully saturated rings. The maximum atomic E-state index is 12.5. The van der Waals surface area contributed by atoms with Crippen LogP contribution in [0.1, 0.15) is 52.4 Å². The molecule has 0 radical (unpaired) electrons. The molecule has 0 unspecified atom stereocenters. The number of hydrogen-bond donors (Lipinski definition) is 2. The van der Waals surface area contributed by atoms with Gasteiger partial charge in [-0.05, 0) is 19.3 Å². The van der Waals surface area contributed by atoms with E-state index in [0.29, 0.717) is 25.9 Å². The minimum absolute atomic E-state index is 0.185. The molecule has 5 nitrogen and oxygen atoms in total. The van der Waals surface area contributed by atoms with Crippen molar-refractivity contribution in [3.63, 3.8) is 0 Å². The molecule has 21 heavy (non-hydrogen) atoms. The van der Waals surface area contributed by atoms with Gasteiger partial charge in [-0.25, -0.2) is 9.59 Å². The van der Waals surface area contributed by atoms with Crippen LogP contribution in [0.5, 0.6) is 0 Å². The van der Waals surface area contributed by atoms with Gasteiger partial charge in [0.25, 0.3) is 0 Å². The summed E-state index contributed by atoms with van der Waals surface area (Å²) < 4.78 is 0.185. The van der Waals surface area contributed by atoms with Gasteiger partial charge in [-0.3, -0.25) is 0 Å². The largest absolute Gasteiger partial charge is 0.480 e. The molecule has 0 aromatic rings. The predicted molar refractivity (Wildman–Crippen MR) is 84.7 cm³/mol. The topological polar surface area (TPSA) is 69.6 Å². The Labute approximate surface area is 130 Å². The van der Waals surface area contributed by atoms with Gasteiger partial charge in [-0.2, -0.15) is 11.8 Å². The number of urea groups is 1. The van der Waals surface area contributed by atoms with E-state index in [1.54, 1.807) is 4.90 Å². The summed E-state index contributed by atoms with van der Waals surface area (Å²) in [7, 11) is 0. The Hall–Kier alpha value is -0.910. The van der Waals surface area contributed by atoms with E-state index in [9.17, 15) is 14.7 Å². The zero-order valence-corrected chi connectivity index (χ0v) is 13.8. The molecular weight excluding hydrogens is 288 g/mol. The molecule has 2 rings (SSSR count). The minimum Gasteiger partial charge on any atom is -0.480 e. The van der Waals surface area contributed by atoms with Gasteiger partial charge < -0.3 is 15.3 Å². The van der Waals surface area contributed by atoms with Crippen LogP contribution in [0.3, 0.4) is 0 Å². The van der Waals surface area contributed by atoms with Crippen molar-refractivity contribution in [2.45, 2.75) is 62.7 Å². The number of rotatable bonds is 2. The summed E-state index contributed by atoms with van der Waals surface area (Å²) in [5.74, 6) is 0.0144. The number of carbonyl (C=O) groups is 2. The second kappa shape index (κ2) is 6.46. The molecule has 1 heterocycles. The van der Waals surface area contributed by atoms with Gasteiger partial charge in [-0.1, -0.05) is 33.1 Å². The van der Waals surface area contributed by atoms with Gasteiger partial charge in [0, 0.05) is 23.6 Å². The Morgan fingerprint density at radius 3 is 2.38 bits per heavy atom. The van der Waals surface area contributed by atoms with E-state index in [2.05, 4.69) is 19.2 Å². The number of hydrogen-bond acceptors (Lipinski definition) is 3. The minimum atomic E-state index is -1.05. The summed E-state index contributed by atoms with van der Waals surface area (Å²) in [4.78, 5) is 25.9. The lowest BCUT2D eigenvalue weighted by Crippen LogP contribution is -2.59. The van der Waals surface area contributed by atoms with Crippen LogP contribution in [0.25, 0.3) is 0 Å². The number of nitrogens with zero attached hydrogens (tertiary/aromatic N) is 1. The first-order valence-corrected chi connectivity index (χ1v) is 8.78. The van der Waals surface area contributed by atoms with Crippen LogP contribution in [0, 0.1) is 0 Å². The van der Waals surface area contributed by atoms with E-state index in [0.717, 1.165) is 31.4 Å². The second-order valence-electron chi connectivity index (χ2n) is 6.72. The molecule has 0 aromatic carbocycles. The Balaban J connectivity index is 2.00. The summed E-state index contributed by atoms with van der Waals surface area (Å²) >= 11 is 1.88. The van der Waals surface area contributed by atoms with E-state index in [1.165, 1.54) is 0 Å². The summed E-state index contributed by atoms with van der Waals surface area (Å²) in [6.45, 7) is 5.77. The van der Waals surface area contributed by atoms with Crippen molar-refractivity contribution in [3.8, 4) is 0 Å². The zero-order chi connectivity index (χ0) is 15.5. The van der Waals surface area contributed by atoms with Crippen molar-refractivity contribution >= 4 is 23.8 Å². The first kappa shape index (κ1) is 16.5. The molecule has 1 saturated carbocycles. The van der Waals surface area contributed by atoms with Crippen LogP contribution in [0.15, 0.2) is 0 Å². The van der Waals surface area contributed by atoms with E-state index in [1.807, 2.05) is 11.8 Å². The SMILES string of the molecule is CC1(C)CCN(C(=O)NC2(C(=O)O)CCCCC2)CCS1. The maximum absolute atomic E-state index is 12.5. The lowest BCUT2D eigenvalue weighted by atomic mass is 9.82. The van der Waals surface area contributed by atoms with E-state index in [4.69, 9.17) is 0 Å². The Bertz CT molecular complexity index is 406. The van der Waals surface area contributed by atoms with Crippen molar-refractivity contribution in [3.05, 3.63) is 0 Å². The number of carboxylic acid groups (broad SMARTS) is 1. The van der Waals surface area contributed by atoms with Crippen LogP contribution in [0.2, 0.25) is 0 Å². The van der Waals surface area contributed by atoms with Crippen molar-refractivity contribution in [1.82, 2.24) is 10.2 Å². The van der Waals surface area contributed by atoms with Crippen molar-refractivity contribution in [2.75, 3.05) is 18.8 Å². The number of carboxylic acids is 1. The summed E-state index contributed by atoms with van der Waals surface area (Å²) in [5, 5.41) is 12.4. The van der Waals surface area contributed by atoms with Crippen molar-refractivity contribution < 1.29 is 14.7 Å². The smallest absolute Gasteiger partial charge is 0.329 e. The molecule has 1 aliphatic carbocycles. The predicted octanol–water partition coefficient (Wildman–Crippen LogP) is 2.70. The highest BCUT2D eigenvalue weighted by Crippen LogP contribution is 2.32. The Morgan fingerprint density at radius 2 is 1.76 bits per heavy atom. The monoisotopic (exact) mass is 314 g/mol. The lowest BCUT2D eigenvalue weighted by molar-refractivity contribution is -0.146. The van der Waals surface area contributed by atoms with Crippen molar-refractivity contribution in [2.24, 2.45) is 0 Å². The first-order chi connectivity index (χ1) is 9.85. The van der Waals surface area contributed by atoms with Crippen molar-refractivity contribution in [1.29, 1.82) is 0 Å². The van der Waals surface area contributed by atoms with Gasteiger partial charge in [0.15, 0.2) is 0 Å². The highest BCUT2D eigenvalue weighted by molar-refractivity contribution is 8.00. The van der Waals surface area contributed by atoms with Crippen LogP contribution in [0.4, 0.5) is 4.79 Å². The highest BCUT2D eigenvalue weighted by atomic mass is 32.2. The summed E-state index contributed by atoms with van der Waals surface area (Å²) in [6.07, 6.45) is 4.82. The molecule has 2 aliphatic rings. The summed E-state index contributed by atoms with van der Waals surface area (Å²) in [6, 6.07) is -0.211. The van der Waals surface area contributed by atoms with Crippen LogP contribution in [-0.2, 0) is 4.79 Å². The molecule has 120 valence electrons. The third-order valence-electron chi connectivity index (χ3n) is 4.59. The highest BCUT2D eigenvalue weighted by Gasteiger charge is 2.42. The molecule has 0 aromatic heterocycles. The van der Waals surface area contributed by atoms with Gasteiger partial charge in [0.05, 0.1) is 0 Å². The van der Waals surface area contributed by atoms with Crippen LogP contribution < -0.4 is 5.32 Å².